The van der Waals surface area contributed by atoms with Gasteiger partial charge in [-0.05, 0) is 19.9 Å². The first-order valence-corrected chi connectivity index (χ1v) is 8.54. The van der Waals surface area contributed by atoms with Crippen LogP contribution in [0, 0.1) is 0 Å². The molecule has 4 rings (SSSR count). The molecule has 0 bridgehead atoms. The molecular formula is C16H29N3O. The fourth-order valence-electron chi connectivity index (χ4n) is 5.14. The van der Waals surface area contributed by atoms with Gasteiger partial charge in [-0.2, -0.15) is 0 Å². The third kappa shape index (κ3) is 2.21. The van der Waals surface area contributed by atoms with Crippen molar-refractivity contribution in [2.75, 3.05) is 53.0 Å². The van der Waals surface area contributed by atoms with Gasteiger partial charge in [0.1, 0.15) is 0 Å². The first-order chi connectivity index (χ1) is 9.77. The quantitative estimate of drug-likeness (QED) is 0.713. The summed E-state index contributed by atoms with van der Waals surface area (Å²) in [5, 5.41) is 0. The Morgan fingerprint density at radius 2 is 1.80 bits per heavy atom. The molecule has 20 heavy (non-hydrogen) atoms. The molecule has 1 spiro atoms. The van der Waals surface area contributed by atoms with Crippen LogP contribution in [-0.2, 0) is 4.74 Å². The van der Waals surface area contributed by atoms with Crippen LogP contribution in [0.15, 0.2) is 0 Å². The Bertz CT molecular complexity index is 350. The van der Waals surface area contributed by atoms with Gasteiger partial charge in [0.05, 0.1) is 18.8 Å². The van der Waals surface area contributed by atoms with E-state index in [1.54, 1.807) is 0 Å². The average molecular weight is 279 g/mol. The number of morpholine rings is 1. The van der Waals surface area contributed by atoms with Crippen molar-refractivity contribution in [1.82, 2.24) is 14.7 Å². The zero-order valence-electron chi connectivity index (χ0n) is 12.9. The summed E-state index contributed by atoms with van der Waals surface area (Å²) in [5.41, 5.74) is 0.443. The van der Waals surface area contributed by atoms with Gasteiger partial charge in [-0.1, -0.05) is 19.3 Å². The summed E-state index contributed by atoms with van der Waals surface area (Å²) < 4.78 is 5.71. The molecule has 0 radical (unpaired) electrons. The van der Waals surface area contributed by atoms with E-state index in [4.69, 9.17) is 4.74 Å². The molecule has 4 heteroatoms. The van der Waals surface area contributed by atoms with Crippen molar-refractivity contribution in [2.45, 2.75) is 49.7 Å². The molecular weight excluding hydrogens is 250 g/mol. The molecule has 114 valence electrons. The fraction of sp³-hybridized carbons (Fsp3) is 1.00. The molecule has 0 aromatic heterocycles. The van der Waals surface area contributed by atoms with Crippen molar-refractivity contribution >= 4 is 0 Å². The number of piperazine rings is 1. The Hall–Kier alpha value is -0.160. The van der Waals surface area contributed by atoms with E-state index in [9.17, 15) is 0 Å². The first kappa shape index (κ1) is 13.5. The molecule has 4 fully saturated rings. The van der Waals surface area contributed by atoms with Gasteiger partial charge in [0.2, 0.25) is 0 Å². The van der Waals surface area contributed by atoms with E-state index in [-0.39, 0.29) is 0 Å². The van der Waals surface area contributed by atoms with Crippen LogP contribution in [0.1, 0.15) is 32.1 Å². The summed E-state index contributed by atoms with van der Waals surface area (Å²) in [5.74, 6) is 0. The normalized spacial score (nSPS) is 36.8. The predicted octanol–water partition coefficient (Wildman–Crippen LogP) is 1.02. The number of likely N-dealkylation sites (tertiary alicyclic amines) is 1. The summed E-state index contributed by atoms with van der Waals surface area (Å²) in [6.45, 7) is 8.08. The lowest BCUT2D eigenvalue weighted by Gasteiger charge is -2.64. The number of rotatable bonds is 1. The van der Waals surface area contributed by atoms with Crippen molar-refractivity contribution in [3.63, 3.8) is 0 Å². The predicted molar refractivity (Wildman–Crippen MR) is 80.0 cm³/mol. The highest BCUT2D eigenvalue weighted by atomic mass is 16.5. The lowest BCUT2D eigenvalue weighted by molar-refractivity contribution is -0.171. The Labute approximate surface area is 123 Å². The highest BCUT2D eigenvalue weighted by molar-refractivity contribution is 5.12. The highest BCUT2D eigenvalue weighted by Crippen LogP contribution is 2.38. The molecule has 4 aliphatic rings. The van der Waals surface area contributed by atoms with Gasteiger partial charge in [-0.15, -0.1) is 0 Å². The van der Waals surface area contributed by atoms with Crippen molar-refractivity contribution in [2.24, 2.45) is 0 Å². The van der Waals surface area contributed by atoms with E-state index in [1.807, 2.05) is 0 Å². The number of ether oxygens (including phenoxy) is 1. The number of hydrogen-bond acceptors (Lipinski definition) is 4. The number of fused-ring (bicyclic) bond motifs is 2. The number of nitrogens with zero attached hydrogens (tertiary/aromatic N) is 3. The summed E-state index contributed by atoms with van der Waals surface area (Å²) >= 11 is 0. The molecule has 3 saturated heterocycles. The van der Waals surface area contributed by atoms with Crippen LogP contribution in [0.25, 0.3) is 0 Å². The van der Waals surface area contributed by atoms with Crippen molar-refractivity contribution in [3.05, 3.63) is 0 Å². The van der Waals surface area contributed by atoms with Crippen molar-refractivity contribution in [3.8, 4) is 0 Å². The van der Waals surface area contributed by atoms with Crippen LogP contribution in [0.2, 0.25) is 0 Å². The van der Waals surface area contributed by atoms with E-state index >= 15 is 0 Å². The summed E-state index contributed by atoms with van der Waals surface area (Å²) in [7, 11) is 2.29. The Morgan fingerprint density at radius 3 is 2.60 bits per heavy atom. The molecule has 1 aliphatic carbocycles. The third-order valence-corrected chi connectivity index (χ3v) is 6.01. The molecule has 4 nitrogen and oxygen atoms in total. The molecule has 3 heterocycles. The minimum Gasteiger partial charge on any atom is -0.378 e. The van der Waals surface area contributed by atoms with Gasteiger partial charge < -0.3 is 9.64 Å². The zero-order chi connectivity index (χ0) is 13.6. The smallest absolute Gasteiger partial charge is 0.0635 e. The molecule has 0 N–H and O–H groups in total. The molecule has 1 saturated carbocycles. The van der Waals surface area contributed by atoms with Crippen molar-refractivity contribution < 1.29 is 4.74 Å². The van der Waals surface area contributed by atoms with Crippen LogP contribution in [0.4, 0.5) is 0 Å². The van der Waals surface area contributed by atoms with Gasteiger partial charge in [0.15, 0.2) is 0 Å². The second-order valence-corrected chi connectivity index (χ2v) is 7.54. The van der Waals surface area contributed by atoms with Gasteiger partial charge >= 0.3 is 0 Å². The molecule has 0 unspecified atom stereocenters. The van der Waals surface area contributed by atoms with E-state index in [0.717, 1.165) is 25.8 Å². The largest absolute Gasteiger partial charge is 0.378 e. The standard InChI is InChI=1S/C16H29N3O/c1-17-9-15-10-20-8-7-19(15)16(11-17)12-18(13-16)14-5-3-2-4-6-14/h14-15H,2-13H2,1H3/t15-/m1/s1. The molecule has 3 aliphatic heterocycles. The van der Waals surface area contributed by atoms with E-state index in [2.05, 4.69) is 21.7 Å². The minimum absolute atomic E-state index is 0.443. The lowest BCUT2D eigenvalue weighted by Crippen LogP contribution is -2.81. The maximum absolute atomic E-state index is 5.71. The zero-order valence-corrected chi connectivity index (χ0v) is 12.9. The van der Waals surface area contributed by atoms with Gasteiger partial charge in [0, 0.05) is 44.8 Å². The highest BCUT2D eigenvalue weighted by Gasteiger charge is 2.54. The van der Waals surface area contributed by atoms with Gasteiger partial charge in [-0.3, -0.25) is 9.80 Å². The fourth-order valence-corrected chi connectivity index (χ4v) is 5.14. The minimum atomic E-state index is 0.443. The first-order valence-electron chi connectivity index (χ1n) is 8.54. The average Bonchev–Trinajstić information content (AvgIpc) is 2.44. The van der Waals surface area contributed by atoms with E-state index < -0.39 is 0 Å². The van der Waals surface area contributed by atoms with Crippen LogP contribution < -0.4 is 0 Å². The van der Waals surface area contributed by atoms with Crippen LogP contribution in [0.3, 0.4) is 0 Å². The molecule has 0 aromatic rings. The van der Waals surface area contributed by atoms with Crippen LogP contribution in [0.5, 0.6) is 0 Å². The second kappa shape index (κ2) is 5.24. The summed E-state index contributed by atoms with van der Waals surface area (Å²) in [6, 6.07) is 1.53. The Balaban J connectivity index is 1.44. The Kier molecular flexibility index (Phi) is 3.53. The molecule has 0 aromatic carbocycles. The monoisotopic (exact) mass is 279 g/mol. The second-order valence-electron chi connectivity index (χ2n) is 7.54. The third-order valence-electron chi connectivity index (χ3n) is 6.01. The van der Waals surface area contributed by atoms with Gasteiger partial charge in [0.25, 0.3) is 0 Å². The van der Waals surface area contributed by atoms with Gasteiger partial charge in [-0.25, -0.2) is 0 Å². The topological polar surface area (TPSA) is 19.0 Å². The maximum Gasteiger partial charge on any atom is 0.0635 e. The number of likely N-dealkylation sites (N-methyl/N-ethyl adjacent to an activating group) is 1. The number of hydrogen-bond donors (Lipinski definition) is 0. The van der Waals surface area contributed by atoms with E-state index in [0.29, 0.717) is 11.6 Å². The molecule has 1 atom stereocenters. The van der Waals surface area contributed by atoms with E-state index in [1.165, 1.54) is 58.3 Å². The summed E-state index contributed by atoms with van der Waals surface area (Å²) in [6.07, 6.45) is 7.25. The summed E-state index contributed by atoms with van der Waals surface area (Å²) in [4.78, 5) is 8.12. The maximum atomic E-state index is 5.71. The van der Waals surface area contributed by atoms with Crippen LogP contribution in [-0.4, -0.2) is 85.3 Å². The molecule has 0 amide bonds. The van der Waals surface area contributed by atoms with Crippen molar-refractivity contribution in [1.29, 1.82) is 0 Å². The van der Waals surface area contributed by atoms with Crippen LogP contribution >= 0.6 is 0 Å². The lowest BCUT2D eigenvalue weighted by atomic mass is 9.80. The Morgan fingerprint density at radius 1 is 1.00 bits per heavy atom. The SMILES string of the molecule is CN1C[C@@H]2COCCN2C2(C1)CN(C1CCCCC1)C2.